The van der Waals surface area contributed by atoms with Gasteiger partial charge in [-0.15, -0.1) is 0 Å². The Labute approximate surface area is 139 Å². The molecule has 1 unspecified atom stereocenters. The molecule has 2 amide bonds. The number of carbonyl (C=O) groups excluding carboxylic acids is 2. The van der Waals surface area contributed by atoms with Gasteiger partial charge in [-0.25, -0.2) is 0 Å². The average molecular weight is 326 g/mol. The molecule has 0 spiro atoms. The molecule has 1 N–H and O–H groups in total. The third kappa shape index (κ3) is 2.42. The number of nitrogens with zero attached hydrogens (tertiary/aromatic N) is 3. The van der Waals surface area contributed by atoms with Gasteiger partial charge in [-0.1, -0.05) is 6.07 Å². The predicted octanol–water partition coefficient (Wildman–Crippen LogP) is 1.73. The SMILES string of the molecule is Cn1cc(C2CCCN2C(=O)c2cccc3c2OCC(=O)N3)cn1. The fourth-order valence-corrected chi connectivity index (χ4v) is 3.41. The van der Waals surface area contributed by atoms with E-state index < -0.39 is 0 Å². The number of para-hydroxylation sites is 1. The van der Waals surface area contributed by atoms with E-state index >= 15 is 0 Å². The van der Waals surface area contributed by atoms with Gasteiger partial charge in [-0.3, -0.25) is 14.3 Å². The molecule has 2 aromatic rings. The maximum atomic E-state index is 13.1. The minimum atomic E-state index is -0.207. The number of hydrogen-bond donors (Lipinski definition) is 1. The first-order chi connectivity index (χ1) is 11.6. The number of rotatable bonds is 2. The molecule has 7 heteroatoms. The van der Waals surface area contributed by atoms with Crippen LogP contribution < -0.4 is 10.1 Å². The number of aryl methyl sites for hydroxylation is 1. The number of hydrogen-bond acceptors (Lipinski definition) is 4. The Morgan fingerprint density at radius 1 is 1.42 bits per heavy atom. The van der Waals surface area contributed by atoms with Crippen molar-refractivity contribution in [3.05, 3.63) is 41.7 Å². The van der Waals surface area contributed by atoms with Gasteiger partial charge >= 0.3 is 0 Å². The van der Waals surface area contributed by atoms with E-state index in [0.717, 1.165) is 18.4 Å². The van der Waals surface area contributed by atoms with Crippen LogP contribution in [0.15, 0.2) is 30.6 Å². The maximum absolute atomic E-state index is 13.1. The summed E-state index contributed by atoms with van der Waals surface area (Å²) in [5.74, 6) is 0.176. The van der Waals surface area contributed by atoms with Crippen molar-refractivity contribution in [3.63, 3.8) is 0 Å². The molecule has 0 radical (unpaired) electrons. The van der Waals surface area contributed by atoms with Gasteiger partial charge in [0, 0.05) is 25.4 Å². The molecule has 1 saturated heterocycles. The summed E-state index contributed by atoms with van der Waals surface area (Å²) in [7, 11) is 1.87. The van der Waals surface area contributed by atoms with Gasteiger partial charge in [0.25, 0.3) is 11.8 Å². The molecule has 1 fully saturated rings. The Hall–Kier alpha value is -2.83. The molecule has 2 aliphatic heterocycles. The zero-order valence-corrected chi connectivity index (χ0v) is 13.4. The van der Waals surface area contributed by atoms with Crippen LogP contribution in [0.3, 0.4) is 0 Å². The van der Waals surface area contributed by atoms with Crippen LogP contribution in [0.1, 0.15) is 34.8 Å². The summed E-state index contributed by atoms with van der Waals surface area (Å²) in [6.07, 6.45) is 5.64. The Morgan fingerprint density at radius 3 is 3.08 bits per heavy atom. The van der Waals surface area contributed by atoms with Crippen LogP contribution in [0.4, 0.5) is 5.69 Å². The zero-order valence-electron chi connectivity index (χ0n) is 13.4. The van der Waals surface area contributed by atoms with Crippen molar-refractivity contribution >= 4 is 17.5 Å². The predicted molar refractivity (Wildman–Crippen MR) is 86.8 cm³/mol. The van der Waals surface area contributed by atoms with E-state index in [1.54, 1.807) is 22.9 Å². The number of ether oxygens (including phenoxy) is 1. The molecule has 24 heavy (non-hydrogen) atoms. The fourth-order valence-electron chi connectivity index (χ4n) is 3.41. The summed E-state index contributed by atoms with van der Waals surface area (Å²) < 4.78 is 7.27. The first kappa shape index (κ1) is 14.7. The maximum Gasteiger partial charge on any atom is 0.262 e. The minimum absolute atomic E-state index is 0.0280. The molecule has 1 aromatic heterocycles. The summed E-state index contributed by atoms with van der Waals surface area (Å²) in [5, 5.41) is 6.96. The first-order valence-corrected chi connectivity index (χ1v) is 7.98. The molecular formula is C17H18N4O3. The van der Waals surface area contributed by atoms with Gasteiger partial charge in [-0.05, 0) is 25.0 Å². The lowest BCUT2D eigenvalue weighted by Gasteiger charge is -2.26. The van der Waals surface area contributed by atoms with Crippen LogP contribution in [-0.2, 0) is 11.8 Å². The summed E-state index contributed by atoms with van der Waals surface area (Å²) in [6.45, 7) is 0.637. The number of nitrogens with one attached hydrogen (secondary N) is 1. The van der Waals surface area contributed by atoms with Gasteiger partial charge in [0.05, 0.1) is 23.5 Å². The van der Waals surface area contributed by atoms with E-state index in [9.17, 15) is 9.59 Å². The first-order valence-electron chi connectivity index (χ1n) is 7.98. The Morgan fingerprint density at radius 2 is 2.29 bits per heavy atom. The van der Waals surface area contributed by atoms with Gasteiger partial charge in [-0.2, -0.15) is 5.10 Å². The number of benzene rings is 1. The lowest BCUT2D eigenvalue weighted by Crippen LogP contribution is -2.32. The number of likely N-dealkylation sites (tertiary alicyclic amines) is 1. The highest BCUT2D eigenvalue weighted by Crippen LogP contribution is 2.37. The van der Waals surface area contributed by atoms with E-state index in [2.05, 4.69) is 10.4 Å². The van der Waals surface area contributed by atoms with Crippen LogP contribution in [0, 0.1) is 0 Å². The van der Waals surface area contributed by atoms with E-state index in [-0.39, 0.29) is 24.5 Å². The quantitative estimate of drug-likeness (QED) is 0.912. The molecule has 2 aliphatic rings. The third-order valence-electron chi connectivity index (χ3n) is 4.49. The molecule has 7 nitrogen and oxygen atoms in total. The standard InChI is InChI=1S/C17H18N4O3/c1-20-9-11(8-18-20)14-6-3-7-21(14)17(23)12-4-2-5-13-16(12)24-10-15(22)19-13/h2,4-5,8-9,14H,3,6-7,10H2,1H3,(H,19,22). The molecule has 0 aliphatic carbocycles. The summed E-state index contributed by atoms with van der Waals surface area (Å²) >= 11 is 0. The van der Waals surface area contributed by atoms with Gasteiger partial charge < -0.3 is 15.0 Å². The zero-order chi connectivity index (χ0) is 16.7. The van der Waals surface area contributed by atoms with Crippen molar-refractivity contribution in [2.24, 2.45) is 7.05 Å². The smallest absolute Gasteiger partial charge is 0.262 e. The fraction of sp³-hybridized carbons (Fsp3) is 0.353. The van der Waals surface area contributed by atoms with Crippen molar-refractivity contribution in [2.45, 2.75) is 18.9 Å². The third-order valence-corrected chi connectivity index (χ3v) is 4.49. The average Bonchev–Trinajstić information content (AvgIpc) is 3.21. The van der Waals surface area contributed by atoms with Crippen LogP contribution in [0.5, 0.6) is 5.75 Å². The minimum Gasteiger partial charge on any atom is -0.481 e. The molecule has 1 atom stereocenters. The van der Waals surface area contributed by atoms with E-state index in [0.29, 0.717) is 23.5 Å². The van der Waals surface area contributed by atoms with Gasteiger partial charge in [0.15, 0.2) is 12.4 Å². The van der Waals surface area contributed by atoms with E-state index in [1.807, 2.05) is 24.3 Å². The largest absolute Gasteiger partial charge is 0.481 e. The van der Waals surface area contributed by atoms with Gasteiger partial charge in [0.1, 0.15) is 0 Å². The highest BCUT2D eigenvalue weighted by molar-refractivity contribution is 6.03. The normalized spacial score (nSPS) is 19.6. The van der Waals surface area contributed by atoms with Crippen LogP contribution in [0.2, 0.25) is 0 Å². The molecule has 0 bridgehead atoms. The van der Waals surface area contributed by atoms with E-state index in [4.69, 9.17) is 4.74 Å². The van der Waals surface area contributed by atoms with Crippen LogP contribution >= 0.6 is 0 Å². The van der Waals surface area contributed by atoms with Crippen molar-refractivity contribution in [2.75, 3.05) is 18.5 Å². The van der Waals surface area contributed by atoms with Crippen LogP contribution in [-0.4, -0.2) is 39.6 Å². The molecular weight excluding hydrogens is 308 g/mol. The Balaban J connectivity index is 1.66. The lowest BCUT2D eigenvalue weighted by atomic mass is 10.1. The molecule has 4 rings (SSSR count). The van der Waals surface area contributed by atoms with Crippen molar-refractivity contribution in [1.29, 1.82) is 0 Å². The second-order valence-corrected chi connectivity index (χ2v) is 6.12. The number of anilines is 1. The summed E-state index contributed by atoms with van der Waals surface area (Å²) in [4.78, 5) is 26.4. The summed E-state index contributed by atoms with van der Waals surface area (Å²) in [5.41, 5.74) is 2.08. The van der Waals surface area contributed by atoms with Crippen molar-refractivity contribution < 1.29 is 14.3 Å². The molecule has 1 aromatic carbocycles. The topological polar surface area (TPSA) is 76.5 Å². The lowest BCUT2D eigenvalue weighted by molar-refractivity contribution is -0.118. The molecule has 124 valence electrons. The number of fused-ring (bicyclic) bond motifs is 1. The molecule has 0 saturated carbocycles. The van der Waals surface area contributed by atoms with Gasteiger partial charge in [0.2, 0.25) is 0 Å². The number of aromatic nitrogens is 2. The van der Waals surface area contributed by atoms with Crippen molar-refractivity contribution in [3.8, 4) is 5.75 Å². The molecule has 3 heterocycles. The monoisotopic (exact) mass is 326 g/mol. The Kier molecular flexibility index (Phi) is 3.48. The second-order valence-electron chi connectivity index (χ2n) is 6.12. The van der Waals surface area contributed by atoms with Crippen molar-refractivity contribution in [1.82, 2.24) is 14.7 Å². The summed E-state index contributed by atoms with van der Waals surface area (Å²) in [6, 6.07) is 5.28. The number of amides is 2. The second kappa shape index (κ2) is 5.67. The van der Waals surface area contributed by atoms with E-state index in [1.165, 1.54) is 0 Å². The Bertz CT molecular complexity index is 814. The highest BCUT2D eigenvalue weighted by Gasteiger charge is 2.33. The van der Waals surface area contributed by atoms with Crippen LogP contribution in [0.25, 0.3) is 0 Å². The highest BCUT2D eigenvalue weighted by atomic mass is 16.5. The number of carbonyl (C=O) groups is 2.